The quantitative estimate of drug-likeness (QED) is 0.832. The molecule has 1 aliphatic rings. The molecule has 1 aliphatic carbocycles. The van der Waals surface area contributed by atoms with Crippen LogP contribution in [0.5, 0.6) is 0 Å². The molecule has 1 aromatic rings. The number of nitrogens with one attached hydrogen (secondary N) is 1. The monoisotopic (exact) mass is 271 g/mol. The van der Waals surface area contributed by atoms with Crippen molar-refractivity contribution in [2.24, 2.45) is 0 Å². The Morgan fingerprint density at radius 2 is 2.24 bits per heavy atom. The molecule has 0 aromatic carbocycles. The van der Waals surface area contributed by atoms with E-state index in [1.165, 1.54) is 17.7 Å². The van der Waals surface area contributed by atoms with Crippen molar-refractivity contribution < 1.29 is 4.79 Å². The van der Waals surface area contributed by atoms with Crippen LogP contribution in [0.25, 0.3) is 0 Å². The van der Waals surface area contributed by atoms with Crippen molar-refractivity contribution in [1.29, 1.82) is 0 Å². The van der Waals surface area contributed by atoms with Gasteiger partial charge in [0.15, 0.2) is 0 Å². The summed E-state index contributed by atoms with van der Waals surface area (Å²) in [6.07, 6.45) is 5.63. The number of rotatable bonds is 4. The first-order chi connectivity index (χ1) is 8.20. The Labute approximate surface area is 111 Å². The average molecular weight is 272 g/mol. The highest BCUT2D eigenvalue weighted by Crippen LogP contribution is 2.29. The highest BCUT2D eigenvalue weighted by atomic mass is 35.5. The van der Waals surface area contributed by atoms with Gasteiger partial charge < -0.3 is 5.32 Å². The van der Waals surface area contributed by atoms with Crippen LogP contribution in [0.3, 0.4) is 0 Å². The van der Waals surface area contributed by atoms with Crippen molar-refractivity contribution >= 4 is 28.8 Å². The number of amides is 1. The van der Waals surface area contributed by atoms with E-state index in [9.17, 15) is 4.79 Å². The van der Waals surface area contributed by atoms with Gasteiger partial charge in [0, 0.05) is 15.8 Å². The molecule has 2 rings (SSSR count). The van der Waals surface area contributed by atoms with Gasteiger partial charge in [-0.05, 0) is 31.4 Å². The maximum Gasteiger partial charge on any atom is 0.243 e. The van der Waals surface area contributed by atoms with E-state index in [1.54, 1.807) is 11.3 Å². The molecule has 2 nitrogen and oxygen atoms in total. The third kappa shape index (κ3) is 3.23. The first-order valence-corrected chi connectivity index (χ1v) is 7.49. The molecule has 1 N–H and O–H groups in total. The van der Waals surface area contributed by atoms with Gasteiger partial charge in [-0.1, -0.05) is 19.8 Å². The summed E-state index contributed by atoms with van der Waals surface area (Å²) in [6, 6.07) is 4.36. The lowest BCUT2D eigenvalue weighted by Crippen LogP contribution is -2.34. The van der Waals surface area contributed by atoms with E-state index in [2.05, 4.69) is 18.3 Å². The molecule has 4 heteroatoms. The number of hydrogen-bond acceptors (Lipinski definition) is 2. The fraction of sp³-hybridized carbons (Fsp3) is 0.615. The number of carbonyl (C=O) groups is 1. The summed E-state index contributed by atoms with van der Waals surface area (Å²) in [5.74, 6) is -0.0388. The van der Waals surface area contributed by atoms with Crippen LogP contribution in [0.1, 0.15) is 47.7 Å². The molecule has 1 unspecified atom stereocenters. The number of carbonyl (C=O) groups excluding carboxylic acids is 1. The lowest BCUT2D eigenvalue weighted by Gasteiger charge is -2.14. The second kappa shape index (κ2) is 5.87. The van der Waals surface area contributed by atoms with Gasteiger partial charge in [-0.2, -0.15) is 0 Å². The van der Waals surface area contributed by atoms with Crippen molar-refractivity contribution in [3.05, 3.63) is 21.9 Å². The zero-order chi connectivity index (χ0) is 12.3. The molecule has 0 saturated heterocycles. The van der Waals surface area contributed by atoms with Gasteiger partial charge >= 0.3 is 0 Å². The molecular weight excluding hydrogens is 254 g/mol. The molecular formula is C13H18ClNOS. The number of hydrogen-bond donors (Lipinski definition) is 1. The molecule has 0 radical (unpaired) electrons. The normalized spacial score (nSPS) is 18.2. The summed E-state index contributed by atoms with van der Waals surface area (Å²) in [7, 11) is 0. The van der Waals surface area contributed by atoms with E-state index in [-0.39, 0.29) is 5.91 Å². The van der Waals surface area contributed by atoms with E-state index in [4.69, 9.17) is 11.6 Å². The maximum absolute atomic E-state index is 12.0. The molecule has 94 valence electrons. The molecule has 1 fully saturated rings. The van der Waals surface area contributed by atoms with Crippen LogP contribution in [0.15, 0.2) is 12.1 Å². The maximum atomic E-state index is 12.0. The fourth-order valence-corrected chi connectivity index (χ4v) is 3.39. The molecule has 1 amide bonds. The van der Waals surface area contributed by atoms with Gasteiger partial charge in [0.25, 0.3) is 0 Å². The predicted molar refractivity (Wildman–Crippen MR) is 72.7 cm³/mol. The van der Waals surface area contributed by atoms with Gasteiger partial charge in [0.1, 0.15) is 5.38 Å². The summed E-state index contributed by atoms with van der Waals surface area (Å²) in [6.45, 7) is 2.11. The summed E-state index contributed by atoms with van der Waals surface area (Å²) in [5, 5.41) is 2.51. The van der Waals surface area contributed by atoms with Gasteiger partial charge in [-0.25, -0.2) is 0 Å². The van der Waals surface area contributed by atoms with Crippen molar-refractivity contribution in [2.75, 3.05) is 0 Å². The first kappa shape index (κ1) is 12.9. The third-order valence-corrected chi connectivity index (χ3v) is 5.07. The number of halogens is 1. The Morgan fingerprint density at radius 3 is 2.82 bits per heavy atom. The second-order valence-corrected chi connectivity index (χ2v) is 6.15. The Morgan fingerprint density at radius 1 is 1.53 bits per heavy atom. The predicted octanol–water partition coefficient (Wildman–Crippen LogP) is 3.65. The van der Waals surface area contributed by atoms with E-state index >= 15 is 0 Å². The zero-order valence-electron chi connectivity index (χ0n) is 10.0. The Balaban J connectivity index is 1.93. The Kier molecular flexibility index (Phi) is 4.46. The van der Waals surface area contributed by atoms with Gasteiger partial charge in [0.2, 0.25) is 5.91 Å². The topological polar surface area (TPSA) is 29.1 Å². The summed E-state index contributed by atoms with van der Waals surface area (Å²) < 4.78 is 0. The van der Waals surface area contributed by atoms with Crippen LogP contribution in [0.2, 0.25) is 0 Å². The molecule has 0 aliphatic heterocycles. The van der Waals surface area contributed by atoms with Crippen molar-refractivity contribution in [3.63, 3.8) is 0 Å². The van der Waals surface area contributed by atoms with Crippen molar-refractivity contribution in [2.45, 2.75) is 50.4 Å². The van der Waals surface area contributed by atoms with Crippen LogP contribution in [0, 0.1) is 0 Å². The van der Waals surface area contributed by atoms with E-state index in [0.717, 1.165) is 24.1 Å². The average Bonchev–Trinajstić information content (AvgIpc) is 2.98. The smallest absolute Gasteiger partial charge is 0.243 e. The molecule has 17 heavy (non-hydrogen) atoms. The molecule has 1 atom stereocenters. The minimum atomic E-state index is -0.527. The Bertz CT molecular complexity index is 385. The molecule has 1 aromatic heterocycles. The minimum Gasteiger partial charge on any atom is -0.352 e. The van der Waals surface area contributed by atoms with Crippen LogP contribution >= 0.6 is 22.9 Å². The third-order valence-electron chi connectivity index (χ3n) is 3.21. The van der Waals surface area contributed by atoms with Crippen molar-refractivity contribution in [1.82, 2.24) is 5.32 Å². The van der Waals surface area contributed by atoms with Crippen LogP contribution in [-0.4, -0.2) is 11.9 Å². The highest BCUT2D eigenvalue weighted by Gasteiger charge is 2.23. The van der Waals surface area contributed by atoms with Crippen LogP contribution in [0.4, 0.5) is 0 Å². The van der Waals surface area contributed by atoms with Crippen LogP contribution < -0.4 is 5.32 Å². The number of thiophene rings is 1. The van der Waals surface area contributed by atoms with Gasteiger partial charge in [0.05, 0.1) is 0 Å². The molecule has 0 bridgehead atoms. The highest BCUT2D eigenvalue weighted by molar-refractivity contribution is 7.12. The zero-order valence-corrected chi connectivity index (χ0v) is 11.6. The van der Waals surface area contributed by atoms with E-state index in [0.29, 0.717) is 6.04 Å². The van der Waals surface area contributed by atoms with Gasteiger partial charge in [-0.3, -0.25) is 4.79 Å². The Hall–Kier alpha value is -0.540. The van der Waals surface area contributed by atoms with Gasteiger partial charge in [-0.15, -0.1) is 22.9 Å². The van der Waals surface area contributed by atoms with Crippen molar-refractivity contribution in [3.8, 4) is 0 Å². The van der Waals surface area contributed by atoms with Crippen LogP contribution in [-0.2, 0) is 11.2 Å². The standard InChI is InChI=1S/C13H18ClNOS/c1-2-10-7-8-11(17-10)12(14)13(16)15-9-5-3-4-6-9/h7-9,12H,2-6H2,1H3,(H,15,16). The SMILES string of the molecule is CCc1ccc(C(Cl)C(=O)NC2CCCC2)s1. The molecule has 1 heterocycles. The fourth-order valence-electron chi connectivity index (χ4n) is 2.19. The summed E-state index contributed by atoms with van der Waals surface area (Å²) in [4.78, 5) is 14.2. The first-order valence-electron chi connectivity index (χ1n) is 6.23. The molecule has 1 saturated carbocycles. The minimum absolute atomic E-state index is 0.0388. The lowest BCUT2D eigenvalue weighted by atomic mass is 10.2. The molecule has 0 spiro atoms. The number of alkyl halides is 1. The number of aryl methyl sites for hydroxylation is 1. The summed E-state index contributed by atoms with van der Waals surface area (Å²) >= 11 is 7.84. The lowest BCUT2D eigenvalue weighted by molar-refractivity contribution is -0.121. The van der Waals surface area contributed by atoms with E-state index < -0.39 is 5.38 Å². The van der Waals surface area contributed by atoms with E-state index in [1.807, 2.05) is 6.07 Å². The largest absolute Gasteiger partial charge is 0.352 e. The summed E-state index contributed by atoms with van der Waals surface area (Å²) in [5.41, 5.74) is 0. The second-order valence-electron chi connectivity index (χ2n) is 4.51.